The summed E-state index contributed by atoms with van der Waals surface area (Å²) in [5.41, 5.74) is 5.36. The van der Waals surface area contributed by atoms with Crippen LogP contribution in [0.15, 0.2) is 45.7 Å². The van der Waals surface area contributed by atoms with E-state index in [1.807, 2.05) is 20.0 Å². The monoisotopic (exact) mass is 777 g/mol. The van der Waals surface area contributed by atoms with Crippen LogP contribution in [0, 0.1) is 0 Å². The molecule has 1 saturated heterocycles. The van der Waals surface area contributed by atoms with Crippen molar-refractivity contribution in [1.82, 2.24) is 9.62 Å². The molecule has 1 fully saturated rings. The molecule has 1 aromatic carbocycles. The molecule has 1 aliphatic carbocycles. The fourth-order valence-electron chi connectivity index (χ4n) is 5.99. The largest absolute Gasteiger partial charge is 0.507 e. The van der Waals surface area contributed by atoms with Gasteiger partial charge in [-0.05, 0) is 63.8 Å². The molecular weight excluding hydrogens is 733 g/mol. The zero-order chi connectivity index (χ0) is 39.4. The number of benzene rings is 1. The Hall–Kier alpha value is -4.88. The van der Waals surface area contributed by atoms with E-state index in [0.29, 0.717) is 12.0 Å². The summed E-state index contributed by atoms with van der Waals surface area (Å²) in [4.78, 5) is 47.2. The third-order valence-electron chi connectivity index (χ3n) is 8.91. The Bertz CT molecular complexity index is 1920. The number of phenolic OH excluding ortho intramolecular Hbond substituents is 1. The van der Waals surface area contributed by atoms with Gasteiger partial charge in [0.05, 0.1) is 17.2 Å². The van der Waals surface area contributed by atoms with Crippen molar-refractivity contribution in [3.05, 3.63) is 46.7 Å². The van der Waals surface area contributed by atoms with Crippen molar-refractivity contribution in [3.63, 3.8) is 0 Å². The van der Waals surface area contributed by atoms with Crippen LogP contribution in [-0.4, -0.2) is 104 Å². The fourth-order valence-corrected chi connectivity index (χ4v) is 6.95. The van der Waals surface area contributed by atoms with E-state index in [1.165, 1.54) is 19.9 Å². The van der Waals surface area contributed by atoms with Gasteiger partial charge in [-0.3, -0.25) is 14.1 Å². The highest BCUT2D eigenvalue weighted by Gasteiger charge is 2.57. The molecular formula is C34H45N6O11S2+. The number of aromatic hydroxyl groups is 1. The van der Waals surface area contributed by atoms with Crippen molar-refractivity contribution < 1.29 is 56.5 Å². The van der Waals surface area contributed by atoms with Crippen LogP contribution in [0.2, 0.25) is 0 Å². The summed E-state index contributed by atoms with van der Waals surface area (Å²) < 4.78 is 47.8. The fraction of sp³-hybridized carbons (Fsp3) is 0.500. The highest BCUT2D eigenvalue weighted by atomic mass is 32.2. The number of amides is 2. The molecule has 0 radical (unpaired) electrons. The minimum Gasteiger partial charge on any atom is -0.507 e. The molecule has 0 aromatic heterocycles. The maximum Gasteiger partial charge on any atom is 0.365 e. The molecule has 19 heteroatoms. The number of nitrogens with zero attached hydrogens (tertiary/aromatic N) is 4. The number of thiocarbonyl (C=S) groups is 1. The van der Waals surface area contributed by atoms with Crippen molar-refractivity contribution in [2.75, 3.05) is 7.05 Å². The lowest BCUT2D eigenvalue weighted by atomic mass is 9.80. The standard InChI is InChI=1S/C34H44N6O11S2/c1-7-8-9-10-19-16-23(41)26(20-15-18(2)11-13-22(20)39(5)6)24(17-19)49-33(52)50-31-28(30(43)40(31)53(46,47)48)37-29(42)27(21-12-14-25(35)36-21)38-51-34(3,4)32(44)45/h12,15-17,20,22,28,31H,5,7-11,13-14H2,1-4,6H3,(H5-,35,36,37,41,42,44,45,46,47,48)/p+1/b38-27-/t20-,22-,28-,31?/m1/s1. The van der Waals surface area contributed by atoms with Gasteiger partial charge < -0.3 is 35.6 Å². The third-order valence-corrected chi connectivity index (χ3v) is 9.98. The van der Waals surface area contributed by atoms with Crippen LogP contribution < -0.4 is 15.8 Å². The number of aryl methyl sites for hydroxylation is 1. The molecule has 6 N–H and O–H groups in total. The highest BCUT2D eigenvalue weighted by Crippen LogP contribution is 2.43. The maximum atomic E-state index is 13.5. The van der Waals surface area contributed by atoms with Crippen LogP contribution in [0.1, 0.15) is 83.3 Å². The van der Waals surface area contributed by atoms with Crippen LogP contribution in [0.25, 0.3) is 0 Å². The Morgan fingerprint density at radius 2 is 1.98 bits per heavy atom. The summed E-state index contributed by atoms with van der Waals surface area (Å²) in [5.74, 6) is -4.10. The Morgan fingerprint density at radius 1 is 1.28 bits per heavy atom. The van der Waals surface area contributed by atoms with Crippen LogP contribution in [0.3, 0.4) is 0 Å². The number of carbonyl (C=O) groups is 3. The molecule has 2 aliphatic heterocycles. The van der Waals surface area contributed by atoms with Gasteiger partial charge in [-0.1, -0.05) is 36.6 Å². The quantitative estimate of drug-likeness (QED) is 0.0252. The molecule has 288 valence electrons. The molecule has 2 amide bonds. The number of amidine groups is 1. The summed E-state index contributed by atoms with van der Waals surface area (Å²) in [6.45, 7) is 10.5. The smallest absolute Gasteiger partial charge is 0.365 e. The van der Waals surface area contributed by atoms with E-state index in [2.05, 4.69) is 29.1 Å². The van der Waals surface area contributed by atoms with Crippen molar-refractivity contribution in [1.29, 1.82) is 0 Å². The zero-order valence-corrected chi connectivity index (χ0v) is 31.7. The van der Waals surface area contributed by atoms with E-state index in [4.69, 9.17) is 32.3 Å². The van der Waals surface area contributed by atoms with E-state index in [-0.39, 0.29) is 39.8 Å². The van der Waals surface area contributed by atoms with Gasteiger partial charge in [-0.2, -0.15) is 12.7 Å². The van der Waals surface area contributed by atoms with Crippen molar-refractivity contribution in [2.24, 2.45) is 15.9 Å². The van der Waals surface area contributed by atoms with Gasteiger partial charge >= 0.3 is 21.5 Å². The summed E-state index contributed by atoms with van der Waals surface area (Å²) >= 11 is 5.38. The van der Waals surface area contributed by atoms with Gasteiger partial charge in [0.15, 0.2) is 17.8 Å². The van der Waals surface area contributed by atoms with Crippen molar-refractivity contribution >= 4 is 63.8 Å². The number of likely N-dealkylation sites (N-methyl/N-ethyl adjacent to an activating group) is 1. The van der Waals surface area contributed by atoms with Gasteiger partial charge in [0.2, 0.25) is 11.8 Å². The van der Waals surface area contributed by atoms with Gasteiger partial charge in [-0.25, -0.2) is 14.4 Å². The number of rotatable bonds is 15. The molecule has 4 atom stereocenters. The lowest BCUT2D eigenvalue weighted by molar-refractivity contribution is -0.534. The molecule has 1 aromatic rings. The van der Waals surface area contributed by atoms with E-state index < -0.39 is 62.8 Å². The number of phenols is 1. The van der Waals surface area contributed by atoms with E-state index in [0.717, 1.165) is 43.2 Å². The number of unbranched alkanes of at least 4 members (excludes halogenated alkanes) is 2. The number of nitrogens with one attached hydrogen (secondary N) is 1. The average Bonchev–Trinajstić information content (AvgIpc) is 3.48. The lowest BCUT2D eigenvalue weighted by Gasteiger charge is -2.42. The Labute approximate surface area is 312 Å². The molecule has 53 heavy (non-hydrogen) atoms. The van der Waals surface area contributed by atoms with E-state index in [9.17, 15) is 37.6 Å². The predicted octanol–water partition coefficient (Wildman–Crippen LogP) is 2.68. The second-order valence-electron chi connectivity index (χ2n) is 13.6. The van der Waals surface area contributed by atoms with Gasteiger partial charge in [0.25, 0.3) is 11.8 Å². The number of nitrogens with two attached hydrogens (primary N) is 1. The first kappa shape index (κ1) is 40.9. The maximum absolute atomic E-state index is 13.5. The molecule has 0 saturated carbocycles. The molecule has 2 heterocycles. The van der Waals surface area contributed by atoms with Gasteiger partial charge in [-0.15, -0.1) is 0 Å². The lowest BCUT2D eigenvalue weighted by Crippen LogP contribution is -2.73. The van der Waals surface area contributed by atoms with Crippen LogP contribution in [-0.2, 0) is 40.7 Å². The van der Waals surface area contributed by atoms with Gasteiger partial charge in [0, 0.05) is 25.1 Å². The molecule has 0 spiro atoms. The second-order valence-corrected chi connectivity index (χ2v) is 15.2. The van der Waals surface area contributed by atoms with Crippen LogP contribution >= 0.6 is 12.2 Å². The van der Waals surface area contributed by atoms with E-state index >= 15 is 0 Å². The normalized spacial score (nSPS) is 21.8. The summed E-state index contributed by atoms with van der Waals surface area (Å²) in [5, 5.41) is 26.1. The Morgan fingerprint density at radius 3 is 2.57 bits per heavy atom. The van der Waals surface area contributed by atoms with E-state index in [1.54, 1.807) is 16.7 Å². The summed E-state index contributed by atoms with van der Waals surface area (Å²) in [7, 11) is -3.42. The van der Waals surface area contributed by atoms with Crippen molar-refractivity contribution in [2.45, 2.75) is 102 Å². The third kappa shape index (κ3) is 9.57. The Kier molecular flexibility index (Phi) is 12.7. The molecule has 0 bridgehead atoms. The number of oxime groups is 1. The number of β-lactam (4-membered cyclic amide) rings is 1. The molecule has 17 nitrogen and oxygen atoms in total. The number of carboxylic acid groups (broad SMARTS) is 1. The molecule has 1 unspecified atom stereocenters. The predicted molar refractivity (Wildman–Crippen MR) is 197 cm³/mol. The second kappa shape index (κ2) is 16.4. The first-order valence-corrected chi connectivity index (χ1v) is 18.6. The van der Waals surface area contributed by atoms with Crippen molar-refractivity contribution in [3.8, 4) is 11.5 Å². The average molecular weight is 778 g/mol. The number of hydrogen-bond donors (Lipinski definition) is 5. The molecule has 3 aliphatic rings. The zero-order valence-electron chi connectivity index (χ0n) is 30.1. The summed E-state index contributed by atoms with van der Waals surface area (Å²) in [6.07, 6.45) is 6.49. The van der Waals surface area contributed by atoms with Gasteiger partial charge in [0.1, 0.15) is 31.1 Å². The highest BCUT2D eigenvalue weighted by molar-refractivity contribution is 7.84. The SMILES string of the molecule is C=[N+](C)[C@@H]1CCC(C)=C[C@H]1c1c(O)cc(CCCCC)cc1OC(=S)OC1[C@H](NC(=O)/C(=N\OC(C)(C)C(=O)O)C2=CCC(N)=N2)C(=O)N1S(=O)(=O)O. The van der Waals surface area contributed by atoms with Crippen LogP contribution in [0.5, 0.6) is 11.5 Å². The Balaban J connectivity index is 1.66. The number of allylic oxidation sites excluding steroid dienone is 1. The number of aliphatic carboxylic acids is 1. The first-order chi connectivity index (χ1) is 24.7. The summed E-state index contributed by atoms with van der Waals surface area (Å²) in [6, 6.07) is 1.44. The number of aliphatic imine (C=N–C) groups is 1. The first-order valence-electron chi connectivity index (χ1n) is 16.8. The number of ether oxygens (including phenoxy) is 2. The topological polar surface area (TPSA) is 243 Å². The number of carbonyl (C=O) groups excluding carboxylic acids is 2. The minimum absolute atomic E-state index is 0.0417. The minimum atomic E-state index is -5.25. The van der Waals surface area contributed by atoms with Crippen LogP contribution in [0.4, 0.5) is 0 Å². The number of carboxylic acids is 1. The number of hydrogen-bond acceptors (Lipinski definition) is 13. The molecule has 4 rings (SSSR count).